The summed E-state index contributed by atoms with van der Waals surface area (Å²) in [4.78, 5) is 0. The molecule has 2 nitrogen and oxygen atoms in total. The summed E-state index contributed by atoms with van der Waals surface area (Å²) in [6.07, 6.45) is 1.90. The van der Waals surface area contributed by atoms with Crippen LogP contribution in [0, 0.1) is 6.92 Å². The molecule has 1 N–H and O–H groups in total. The van der Waals surface area contributed by atoms with Gasteiger partial charge in [0.15, 0.2) is 0 Å². The maximum Gasteiger partial charge on any atom is 0.0581 e. The molecule has 0 saturated heterocycles. The number of hydrogen-bond acceptors (Lipinski definition) is 2. The molecule has 16 heavy (non-hydrogen) atoms. The summed E-state index contributed by atoms with van der Waals surface area (Å²) < 4.78 is 4.94. The Morgan fingerprint density at radius 3 is 2.81 bits per heavy atom. The number of aliphatic hydroxyl groups is 1. The van der Waals surface area contributed by atoms with Crippen LogP contribution in [0.5, 0.6) is 0 Å². The lowest BCUT2D eigenvalue weighted by atomic mass is 10.0. The van der Waals surface area contributed by atoms with Crippen LogP contribution in [-0.2, 0) is 11.2 Å². The molecule has 1 rings (SSSR count). The number of methoxy groups -OCH3 is 1. The Morgan fingerprint density at radius 1 is 1.44 bits per heavy atom. The quantitative estimate of drug-likeness (QED) is 0.778. The van der Waals surface area contributed by atoms with Crippen LogP contribution in [0.4, 0.5) is 0 Å². The zero-order valence-corrected chi connectivity index (χ0v) is 10.6. The molecule has 90 valence electrons. The number of benzene rings is 1. The topological polar surface area (TPSA) is 29.5 Å². The van der Waals surface area contributed by atoms with E-state index in [1.54, 1.807) is 7.11 Å². The third kappa shape index (κ3) is 4.52. The maximum atomic E-state index is 9.81. The molecule has 1 aromatic rings. The highest BCUT2D eigenvalue weighted by Gasteiger charge is 2.08. The molecule has 0 radical (unpaired) electrons. The van der Waals surface area contributed by atoms with E-state index in [9.17, 15) is 5.11 Å². The first-order chi connectivity index (χ1) is 7.63. The van der Waals surface area contributed by atoms with Gasteiger partial charge >= 0.3 is 0 Å². The van der Waals surface area contributed by atoms with E-state index < -0.39 is 0 Å². The minimum atomic E-state index is -0.338. The molecule has 0 heterocycles. The first-order valence-electron chi connectivity index (χ1n) is 5.55. The Hall–Kier alpha value is -0.570. The highest BCUT2D eigenvalue weighted by molar-refractivity contribution is 6.31. The van der Waals surface area contributed by atoms with Crippen molar-refractivity contribution in [3.8, 4) is 0 Å². The summed E-state index contributed by atoms with van der Waals surface area (Å²) in [5.74, 6) is 0. The van der Waals surface area contributed by atoms with Gasteiger partial charge in [-0.15, -0.1) is 0 Å². The number of aryl methyl sites for hydroxylation is 1. The van der Waals surface area contributed by atoms with Crippen LogP contribution in [0.15, 0.2) is 18.2 Å². The molecule has 1 aromatic carbocycles. The minimum absolute atomic E-state index is 0.338. The van der Waals surface area contributed by atoms with Gasteiger partial charge in [0.2, 0.25) is 0 Å². The van der Waals surface area contributed by atoms with Crippen molar-refractivity contribution >= 4 is 11.6 Å². The Kier molecular flexibility index (Phi) is 5.81. The first-order valence-corrected chi connectivity index (χ1v) is 5.93. The van der Waals surface area contributed by atoms with E-state index in [1.807, 2.05) is 25.1 Å². The van der Waals surface area contributed by atoms with E-state index >= 15 is 0 Å². The van der Waals surface area contributed by atoms with Gasteiger partial charge in [-0.3, -0.25) is 0 Å². The van der Waals surface area contributed by atoms with Crippen molar-refractivity contribution in [1.29, 1.82) is 0 Å². The first kappa shape index (κ1) is 13.5. The number of hydrogen-bond donors (Lipinski definition) is 1. The van der Waals surface area contributed by atoms with Crippen LogP contribution in [0.25, 0.3) is 0 Å². The zero-order valence-electron chi connectivity index (χ0n) is 9.87. The van der Waals surface area contributed by atoms with E-state index in [0.29, 0.717) is 13.0 Å². The molecule has 3 heteroatoms. The molecule has 1 atom stereocenters. The molecule has 0 bridgehead atoms. The molecule has 0 spiro atoms. The van der Waals surface area contributed by atoms with Crippen LogP contribution < -0.4 is 0 Å². The fourth-order valence-electron chi connectivity index (χ4n) is 1.64. The molecular weight excluding hydrogens is 224 g/mol. The molecule has 0 aliphatic heterocycles. The van der Waals surface area contributed by atoms with Crippen LogP contribution >= 0.6 is 11.6 Å². The van der Waals surface area contributed by atoms with Gasteiger partial charge in [0.25, 0.3) is 0 Å². The molecule has 0 aliphatic rings. The number of halogens is 1. The standard InChI is InChI=1S/C13H19ClO2/c1-10-5-6-11(13(14)8-10)9-12(15)4-3-7-16-2/h5-6,8,12,15H,3-4,7,9H2,1-2H3. The van der Waals surface area contributed by atoms with Crippen LogP contribution in [0.3, 0.4) is 0 Å². The van der Waals surface area contributed by atoms with Crippen LogP contribution in [-0.4, -0.2) is 24.9 Å². The van der Waals surface area contributed by atoms with Crippen LogP contribution in [0.2, 0.25) is 5.02 Å². The van der Waals surface area contributed by atoms with Gasteiger partial charge < -0.3 is 9.84 Å². The molecule has 0 amide bonds. The number of ether oxygens (including phenoxy) is 1. The summed E-state index contributed by atoms with van der Waals surface area (Å²) >= 11 is 6.10. The average molecular weight is 243 g/mol. The predicted molar refractivity (Wildman–Crippen MR) is 67.0 cm³/mol. The fraction of sp³-hybridized carbons (Fsp3) is 0.538. The maximum absolute atomic E-state index is 9.81. The molecule has 1 unspecified atom stereocenters. The van der Waals surface area contributed by atoms with Gasteiger partial charge in [0.1, 0.15) is 0 Å². The predicted octanol–water partition coefficient (Wildman–Crippen LogP) is 2.98. The number of aliphatic hydroxyl groups excluding tert-OH is 1. The van der Waals surface area contributed by atoms with Crippen molar-refractivity contribution in [2.45, 2.75) is 32.3 Å². The van der Waals surface area contributed by atoms with E-state index in [0.717, 1.165) is 29.0 Å². The second-order valence-electron chi connectivity index (χ2n) is 4.09. The Labute approximate surface area is 102 Å². The van der Waals surface area contributed by atoms with Crippen molar-refractivity contribution in [2.24, 2.45) is 0 Å². The summed E-state index contributed by atoms with van der Waals surface area (Å²) in [5, 5.41) is 10.6. The van der Waals surface area contributed by atoms with E-state index in [-0.39, 0.29) is 6.10 Å². The molecule has 0 saturated carbocycles. The summed E-state index contributed by atoms with van der Waals surface area (Å²) in [5.41, 5.74) is 2.15. The van der Waals surface area contributed by atoms with Gasteiger partial charge in [0.05, 0.1) is 6.10 Å². The van der Waals surface area contributed by atoms with Crippen molar-refractivity contribution < 1.29 is 9.84 Å². The highest BCUT2D eigenvalue weighted by atomic mass is 35.5. The van der Waals surface area contributed by atoms with Crippen molar-refractivity contribution in [2.75, 3.05) is 13.7 Å². The summed E-state index contributed by atoms with van der Waals surface area (Å²) in [6, 6.07) is 5.93. The summed E-state index contributed by atoms with van der Waals surface area (Å²) in [7, 11) is 1.67. The molecular formula is C13H19ClO2. The average Bonchev–Trinajstić information content (AvgIpc) is 2.23. The van der Waals surface area contributed by atoms with E-state index in [1.165, 1.54) is 0 Å². The summed E-state index contributed by atoms with van der Waals surface area (Å²) in [6.45, 7) is 2.70. The Balaban J connectivity index is 2.46. The zero-order chi connectivity index (χ0) is 12.0. The van der Waals surface area contributed by atoms with E-state index in [4.69, 9.17) is 16.3 Å². The molecule has 0 aromatic heterocycles. The van der Waals surface area contributed by atoms with Gasteiger partial charge in [-0.2, -0.15) is 0 Å². The smallest absolute Gasteiger partial charge is 0.0581 e. The second-order valence-corrected chi connectivity index (χ2v) is 4.50. The normalized spacial score (nSPS) is 12.8. The third-order valence-corrected chi connectivity index (χ3v) is 2.90. The van der Waals surface area contributed by atoms with E-state index in [2.05, 4.69) is 0 Å². The van der Waals surface area contributed by atoms with Crippen molar-refractivity contribution in [3.05, 3.63) is 34.3 Å². The Morgan fingerprint density at radius 2 is 2.19 bits per heavy atom. The third-order valence-electron chi connectivity index (χ3n) is 2.55. The van der Waals surface area contributed by atoms with Gasteiger partial charge in [-0.25, -0.2) is 0 Å². The SMILES string of the molecule is COCCCC(O)Cc1ccc(C)cc1Cl. The van der Waals surface area contributed by atoms with Crippen LogP contribution in [0.1, 0.15) is 24.0 Å². The Bertz CT molecular complexity index is 326. The van der Waals surface area contributed by atoms with Gasteiger partial charge in [0, 0.05) is 18.7 Å². The monoisotopic (exact) mass is 242 g/mol. The number of rotatable bonds is 6. The highest BCUT2D eigenvalue weighted by Crippen LogP contribution is 2.20. The molecule has 0 fully saturated rings. The minimum Gasteiger partial charge on any atom is -0.393 e. The largest absolute Gasteiger partial charge is 0.393 e. The lowest BCUT2D eigenvalue weighted by Gasteiger charge is -2.11. The lowest BCUT2D eigenvalue weighted by Crippen LogP contribution is -2.11. The fourth-order valence-corrected chi connectivity index (χ4v) is 1.95. The van der Waals surface area contributed by atoms with Crippen molar-refractivity contribution in [3.63, 3.8) is 0 Å². The molecule has 0 aliphatic carbocycles. The second kappa shape index (κ2) is 6.89. The van der Waals surface area contributed by atoms with Gasteiger partial charge in [-0.05, 0) is 43.4 Å². The van der Waals surface area contributed by atoms with Gasteiger partial charge in [-0.1, -0.05) is 23.7 Å². The lowest BCUT2D eigenvalue weighted by molar-refractivity contribution is 0.135. The van der Waals surface area contributed by atoms with Crippen molar-refractivity contribution in [1.82, 2.24) is 0 Å².